The minimum absolute atomic E-state index is 0.922. The molecule has 0 spiro atoms. The molecule has 0 saturated carbocycles. The van der Waals surface area contributed by atoms with Gasteiger partial charge in [0.2, 0.25) is 0 Å². The van der Waals surface area contributed by atoms with Crippen LogP contribution in [-0.2, 0) is 13.0 Å². The standard InChI is InChI=1S/C18H20N2S/c1-3-16-17(12-19-4-2)21-18(20-16)15-10-9-13-7-5-6-8-14(13)11-15/h5-11,19H,3-4,12H2,1-2H3. The van der Waals surface area contributed by atoms with E-state index < -0.39 is 0 Å². The molecule has 0 unspecified atom stereocenters. The fourth-order valence-corrected chi connectivity index (χ4v) is 3.60. The quantitative estimate of drug-likeness (QED) is 0.742. The molecule has 1 N–H and O–H groups in total. The molecule has 0 radical (unpaired) electrons. The Kier molecular flexibility index (Phi) is 4.32. The van der Waals surface area contributed by atoms with E-state index in [9.17, 15) is 0 Å². The van der Waals surface area contributed by atoms with Gasteiger partial charge in [-0.25, -0.2) is 4.98 Å². The van der Waals surface area contributed by atoms with Gasteiger partial charge in [0.25, 0.3) is 0 Å². The molecule has 3 aromatic rings. The summed E-state index contributed by atoms with van der Waals surface area (Å²) in [5.74, 6) is 0. The Bertz CT molecular complexity index is 746. The molecular formula is C18H20N2S. The van der Waals surface area contributed by atoms with Crippen LogP contribution in [0.2, 0.25) is 0 Å². The van der Waals surface area contributed by atoms with Gasteiger partial charge in [-0.15, -0.1) is 11.3 Å². The van der Waals surface area contributed by atoms with Crippen LogP contribution in [-0.4, -0.2) is 11.5 Å². The SMILES string of the molecule is CCNCc1sc(-c2ccc3ccccc3c2)nc1CC. The second kappa shape index (κ2) is 6.37. The first kappa shape index (κ1) is 14.2. The normalized spacial score (nSPS) is 11.1. The number of benzene rings is 2. The summed E-state index contributed by atoms with van der Waals surface area (Å²) in [4.78, 5) is 6.20. The Labute approximate surface area is 129 Å². The van der Waals surface area contributed by atoms with E-state index in [0.29, 0.717) is 0 Å². The number of rotatable bonds is 5. The average Bonchev–Trinajstić information content (AvgIpc) is 2.95. The van der Waals surface area contributed by atoms with Crippen LogP contribution < -0.4 is 5.32 Å². The molecule has 2 nitrogen and oxygen atoms in total. The third-order valence-corrected chi connectivity index (χ3v) is 4.79. The Morgan fingerprint density at radius 2 is 1.86 bits per heavy atom. The monoisotopic (exact) mass is 296 g/mol. The number of hydrogen-bond acceptors (Lipinski definition) is 3. The molecule has 0 saturated heterocycles. The van der Waals surface area contributed by atoms with Crippen molar-refractivity contribution < 1.29 is 0 Å². The van der Waals surface area contributed by atoms with Crippen molar-refractivity contribution in [2.45, 2.75) is 26.8 Å². The molecule has 21 heavy (non-hydrogen) atoms. The highest BCUT2D eigenvalue weighted by atomic mass is 32.1. The fourth-order valence-electron chi connectivity index (χ4n) is 2.48. The van der Waals surface area contributed by atoms with Crippen LogP contribution in [0.4, 0.5) is 0 Å². The maximum atomic E-state index is 4.84. The predicted molar refractivity (Wildman–Crippen MR) is 91.8 cm³/mol. The van der Waals surface area contributed by atoms with Crippen molar-refractivity contribution in [2.24, 2.45) is 0 Å². The molecule has 0 bridgehead atoms. The number of nitrogens with zero attached hydrogens (tertiary/aromatic N) is 1. The van der Waals surface area contributed by atoms with E-state index in [1.807, 2.05) is 11.3 Å². The van der Waals surface area contributed by atoms with Crippen molar-refractivity contribution in [3.05, 3.63) is 53.0 Å². The lowest BCUT2D eigenvalue weighted by molar-refractivity contribution is 0.727. The lowest BCUT2D eigenvalue weighted by Gasteiger charge is -2.00. The molecule has 1 heterocycles. The van der Waals surface area contributed by atoms with E-state index >= 15 is 0 Å². The van der Waals surface area contributed by atoms with E-state index in [2.05, 4.69) is 61.6 Å². The van der Waals surface area contributed by atoms with Gasteiger partial charge in [-0.1, -0.05) is 50.2 Å². The molecule has 1 aromatic heterocycles. The summed E-state index contributed by atoms with van der Waals surface area (Å²) in [6.45, 7) is 6.23. The summed E-state index contributed by atoms with van der Waals surface area (Å²) < 4.78 is 0. The summed E-state index contributed by atoms with van der Waals surface area (Å²) in [6.07, 6.45) is 0.991. The van der Waals surface area contributed by atoms with Gasteiger partial charge in [-0.3, -0.25) is 0 Å². The van der Waals surface area contributed by atoms with E-state index in [1.165, 1.54) is 26.9 Å². The number of nitrogens with one attached hydrogen (secondary N) is 1. The topological polar surface area (TPSA) is 24.9 Å². The Hall–Kier alpha value is -1.71. The van der Waals surface area contributed by atoms with E-state index in [1.54, 1.807) is 0 Å². The third-order valence-electron chi connectivity index (χ3n) is 3.65. The zero-order valence-corrected chi connectivity index (χ0v) is 13.3. The molecule has 0 fully saturated rings. The van der Waals surface area contributed by atoms with Crippen molar-refractivity contribution in [1.82, 2.24) is 10.3 Å². The van der Waals surface area contributed by atoms with Crippen molar-refractivity contribution in [1.29, 1.82) is 0 Å². The van der Waals surface area contributed by atoms with Crippen molar-refractivity contribution in [3.63, 3.8) is 0 Å². The number of aryl methyl sites for hydroxylation is 1. The predicted octanol–water partition coefficient (Wildman–Crippen LogP) is 4.64. The van der Waals surface area contributed by atoms with Crippen molar-refractivity contribution in [2.75, 3.05) is 6.54 Å². The summed E-state index contributed by atoms with van der Waals surface area (Å²) in [6, 6.07) is 15.1. The molecule has 0 amide bonds. The molecule has 2 aromatic carbocycles. The summed E-state index contributed by atoms with van der Waals surface area (Å²) in [5, 5.41) is 7.09. The van der Waals surface area contributed by atoms with Crippen LogP contribution >= 0.6 is 11.3 Å². The summed E-state index contributed by atoms with van der Waals surface area (Å²) >= 11 is 1.81. The Morgan fingerprint density at radius 3 is 2.62 bits per heavy atom. The average molecular weight is 296 g/mol. The second-order valence-corrected chi connectivity index (χ2v) is 6.17. The largest absolute Gasteiger partial charge is 0.312 e. The van der Waals surface area contributed by atoms with Gasteiger partial charge in [0, 0.05) is 17.0 Å². The van der Waals surface area contributed by atoms with Gasteiger partial charge in [-0.05, 0) is 29.8 Å². The van der Waals surface area contributed by atoms with Crippen molar-refractivity contribution >= 4 is 22.1 Å². The summed E-state index contributed by atoms with van der Waals surface area (Å²) in [7, 11) is 0. The minimum atomic E-state index is 0.922. The molecule has 3 heteroatoms. The zero-order valence-electron chi connectivity index (χ0n) is 12.5. The van der Waals surface area contributed by atoms with Gasteiger partial charge in [-0.2, -0.15) is 0 Å². The second-order valence-electron chi connectivity index (χ2n) is 5.08. The Balaban J connectivity index is 1.99. The lowest BCUT2D eigenvalue weighted by atomic mass is 10.1. The lowest BCUT2D eigenvalue weighted by Crippen LogP contribution is -2.11. The molecule has 0 aliphatic heterocycles. The molecule has 0 aliphatic carbocycles. The highest BCUT2D eigenvalue weighted by Crippen LogP contribution is 2.30. The number of aromatic nitrogens is 1. The first-order valence-electron chi connectivity index (χ1n) is 7.50. The van der Waals surface area contributed by atoms with Gasteiger partial charge in [0.15, 0.2) is 0 Å². The molecular weight excluding hydrogens is 276 g/mol. The van der Waals surface area contributed by atoms with Crippen LogP contribution in [0.1, 0.15) is 24.4 Å². The third kappa shape index (κ3) is 2.99. The summed E-state index contributed by atoms with van der Waals surface area (Å²) in [5.41, 5.74) is 2.44. The van der Waals surface area contributed by atoms with Gasteiger partial charge in [0.05, 0.1) is 5.69 Å². The zero-order chi connectivity index (χ0) is 14.7. The van der Waals surface area contributed by atoms with Gasteiger partial charge >= 0.3 is 0 Å². The minimum Gasteiger partial charge on any atom is -0.312 e. The molecule has 108 valence electrons. The first-order valence-corrected chi connectivity index (χ1v) is 8.32. The van der Waals surface area contributed by atoms with Crippen LogP contribution in [0.15, 0.2) is 42.5 Å². The van der Waals surface area contributed by atoms with Crippen LogP contribution in [0, 0.1) is 0 Å². The van der Waals surface area contributed by atoms with Crippen LogP contribution in [0.3, 0.4) is 0 Å². The number of fused-ring (bicyclic) bond motifs is 1. The number of thiazole rings is 1. The maximum Gasteiger partial charge on any atom is 0.123 e. The molecule has 3 rings (SSSR count). The molecule has 0 atom stereocenters. The van der Waals surface area contributed by atoms with E-state index in [0.717, 1.165) is 24.5 Å². The highest BCUT2D eigenvalue weighted by molar-refractivity contribution is 7.15. The van der Waals surface area contributed by atoms with Gasteiger partial charge in [0.1, 0.15) is 5.01 Å². The number of hydrogen-bond donors (Lipinski definition) is 1. The van der Waals surface area contributed by atoms with Gasteiger partial charge < -0.3 is 5.32 Å². The molecule has 0 aliphatic rings. The highest BCUT2D eigenvalue weighted by Gasteiger charge is 2.11. The Morgan fingerprint density at radius 1 is 1.05 bits per heavy atom. The van der Waals surface area contributed by atoms with Crippen LogP contribution in [0.25, 0.3) is 21.3 Å². The maximum absolute atomic E-state index is 4.84. The smallest absolute Gasteiger partial charge is 0.123 e. The van der Waals surface area contributed by atoms with Crippen LogP contribution in [0.5, 0.6) is 0 Å². The van der Waals surface area contributed by atoms with E-state index in [-0.39, 0.29) is 0 Å². The van der Waals surface area contributed by atoms with Crippen molar-refractivity contribution in [3.8, 4) is 10.6 Å². The van der Waals surface area contributed by atoms with E-state index in [4.69, 9.17) is 4.98 Å². The first-order chi connectivity index (χ1) is 10.3. The fraction of sp³-hybridized carbons (Fsp3) is 0.278.